The topological polar surface area (TPSA) is 38.0 Å². The average Bonchev–Trinajstić information content (AvgIpc) is 2.78. The minimum absolute atomic E-state index is 0.119. The summed E-state index contributed by atoms with van der Waals surface area (Å²) in [5.74, 6) is 0. The van der Waals surface area contributed by atoms with E-state index in [0.29, 0.717) is 6.54 Å². The van der Waals surface area contributed by atoms with Crippen LogP contribution in [0.1, 0.15) is 17.2 Å². The van der Waals surface area contributed by atoms with Gasteiger partial charge in [0.15, 0.2) is 0 Å². The summed E-state index contributed by atoms with van der Waals surface area (Å²) in [5, 5.41) is 5.42. The lowest BCUT2D eigenvalue weighted by atomic mass is 10.1. The van der Waals surface area contributed by atoms with E-state index < -0.39 is 0 Å². The third-order valence-electron chi connectivity index (χ3n) is 2.65. The molecule has 0 fully saturated rings. The van der Waals surface area contributed by atoms with Crippen molar-refractivity contribution in [2.75, 3.05) is 6.54 Å². The third kappa shape index (κ3) is 3.30. The van der Waals surface area contributed by atoms with E-state index in [4.69, 9.17) is 17.3 Å². The Labute approximate surface area is 110 Å². The molecule has 0 saturated heterocycles. The van der Waals surface area contributed by atoms with Gasteiger partial charge in [-0.05, 0) is 22.6 Å². The van der Waals surface area contributed by atoms with E-state index in [1.807, 2.05) is 29.6 Å². The first-order valence-electron chi connectivity index (χ1n) is 5.51. The van der Waals surface area contributed by atoms with E-state index in [-0.39, 0.29) is 6.04 Å². The second-order valence-electron chi connectivity index (χ2n) is 3.80. The fraction of sp³-hybridized carbons (Fsp3) is 0.231. The molecule has 0 bridgehead atoms. The standard InChI is InChI=1S/C13H15ClN2S/c14-13-11(6-7-17-13)12(8-15)16-9-10-4-2-1-3-5-10/h1-7,12,16H,8-9,15H2. The van der Waals surface area contributed by atoms with Crippen LogP contribution in [0, 0.1) is 0 Å². The van der Waals surface area contributed by atoms with E-state index >= 15 is 0 Å². The van der Waals surface area contributed by atoms with Gasteiger partial charge in [-0.25, -0.2) is 0 Å². The summed E-state index contributed by atoms with van der Waals surface area (Å²) in [4.78, 5) is 0. The monoisotopic (exact) mass is 266 g/mol. The van der Waals surface area contributed by atoms with Crippen molar-refractivity contribution in [3.63, 3.8) is 0 Å². The van der Waals surface area contributed by atoms with Gasteiger partial charge in [-0.1, -0.05) is 41.9 Å². The van der Waals surface area contributed by atoms with Gasteiger partial charge in [0.25, 0.3) is 0 Å². The zero-order valence-corrected chi connectivity index (χ0v) is 11.0. The van der Waals surface area contributed by atoms with E-state index in [1.54, 1.807) is 0 Å². The van der Waals surface area contributed by atoms with E-state index in [9.17, 15) is 0 Å². The number of benzene rings is 1. The largest absolute Gasteiger partial charge is 0.329 e. The van der Waals surface area contributed by atoms with Crippen LogP contribution in [0.25, 0.3) is 0 Å². The fourth-order valence-electron chi connectivity index (χ4n) is 1.71. The molecule has 0 saturated carbocycles. The highest BCUT2D eigenvalue weighted by atomic mass is 35.5. The molecule has 0 aliphatic heterocycles. The van der Waals surface area contributed by atoms with Crippen molar-refractivity contribution in [2.24, 2.45) is 5.73 Å². The quantitative estimate of drug-likeness (QED) is 0.872. The van der Waals surface area contributed by atoms with Gasteiger partial charge < -0.3 is 11.1 Å². The number of hydrogen-bond acceptors (Lipinski definition) is 3. The number of rotatable bonds is 5. The molecule has 17 heavy (non-hydrogen) atoms. The Morgan fingerprint density at radius 2 is 2.00 bits per heavy atom. The van der Waals surface area contributed by atoms with Crippen LogP contribution in [0.3, 0.4) is 0 Å². The van der Waals surface area contributed by atoms with Crippen molar-refractivity contribution in [1.29, 1.82) is 0 Å². The van der Waals surface area contributed by atoms with Crippen molar-refractivity contribution in [3.8, 4) is 0 Å². The number of thiophene rings is 1. The van der Waals surface area contributed by atoms with Crippen LogP contribution in [0.5, 0.6) is 0 Å². The number of nitrogens with one attached hydrogen (secondary N) is 1. The molecule has 1 unspecified atom stereocenters. The normalized spacial score (nSPS) is 12.6. The second kappa shape index (κ2) is 6.17. The zero-order chi connectivity index (χ0) is 12.1. The van der Waals surface area contributed by atoms with Gasteiger partial charge in [-0.15, -0.1) is 11.3 Å². The van der Waals surface area contributed by atoms with Crippen LogP contribution in [-0.2, 0) is 6.54 Å². The van der Waals surface area contributed by atoms with Crippen LogP contribution < -0.4 is 11.1 Å². The van der Waals surface area contributed by atoms with Crippen molar-refractivity contribution in [2.45, 2.75) is 12.6 Å². The average molecular weight is 267 g/mol. The molecule has 0 aliphatic rings. The Morgan fingerprint density at radius 1 is 1.24 bits per heavy atom. The van der Waals surface area contributed by atoms with Gasteiger partial charge in [0.1, 0.15) is 0 Å². The minimum atomic E-state index is 0.119. The first-order chi connectivity index (χ1) is 8.31. The molecule has 1 heterocycles. The Kier molecular flexibility index (Phi) is 4.57. The Hall–Kier alpha value is -0.870. The van der Waals surface area contributed by atoms with Gasteiger partial charge in [-0.2, -0.15) is 0 Å². The second-order valence-corrected chi connectivity index (χ2v) is 5.32. The van der Waals surface area contributed by atoms with Crippen molar-refractivity contribution < 1.29 is 0 Å². The lowest BCUT2D eigenvalue weighted by molar-refractivity contribution is 0.543. The van der Waals surface area contributed by atoms with Crippen molar-refractivity contribution >= 4 is 22.9 Å². The molecule has 3 N–H and O–H groups in total. The fourth-order valence-corrected chi connectivity index (χ4v) is 2.74. The van der Waals surface area contributed by atoms with Crippen LogP contribution in [-0.4, -0.2) is 6.54 Å². The third-order valence-corrected chi connectivity index (χ3v) is 3.85. The predicted molar refractivity (Wildman–Crippen MR) is 74.4 cm³/mol. The molecule has 1 atom stereocenters. The molecule has 0 spiro atoms. The molecule has 2 aromatic rings. The van der Waals surface area contributed by atoms with Crippen molar-refractivity contribution in [1.82, 2.24) is 5.32 Å². The molecule has 2 nitrogen and oxygen atoms in total. The van der Waals surface area contributed by atoms with Gasteiger partial charge in [-0.3, -0.25) is 0 Å². The highest BCUT2D eigenvalue weighted by Gasteiger charge is 2.13. The summed E-state index contributed by atoms with van der Waals surface area (Å²) in [6, 6.07) is 12.4. The highest BCUT2D eigenvalue weighted by Crippen LogP contribution is 2.28. The molecule has 4 heteroatoms. The van der Waals surface area contributed by atoms with Crippen LogP contribution in [0.15, 0.2) is 41.8 Å². The van der Waals surface area contributed by atoms with E-state index in [2.05, 4.69) is 17.4 Å². The summed E-state index contributed by atoms with van der Waals surface area (Å²) in [6.07, 6.45) is 0. The molecule has 90 valence electrons. The predicted octanol–water partition coefficient (Wildman–Crippen LogP) is 3.19. The maximum absolute atomic E-state index is 6.12. The Balaban J connectivity index is 2.00. The van der Waals surface area contributed by atoms with E-state index in [0.717, 1.165) is 16.4 Å². The molecule has 1 aromatic heterocycles. The van der Waals surface area contributed by atoms with Gasteiger partial charge in [0, 0.05) is 19.1 Å². The summed E-state index contributed by atoms with van der Waals surface area (Å²) in [6.45, 7) is 1.35. The summed E-state index contributed by atoms with van der Waals surface area (Å²) in [5.41, 5.74) is 8.12. The zero-order valence-electron chi connectivity index (χ0n) is 9.40. The first-order valence-corrected chi connectivity index (χ1v) is 6.77. The van der Waals surface area contributed by atoms with Crippen LogP contribution in [0.4, 0.5) is 0 Å². The smallest absolute Gasteiger partial charge is 0.0976 e. The van der Waals surface area contributed by atoms with Crippen LogP contribution >= 0.6 is 22.9 Å². The molecule has 0 amide bonds. The van der Waals surface area contributed by atoms with E-state index in [1.165, 1.54) is 16.9 Å². The minimum Gasteiger partial charge on any atom is -0.329 e. The maximum atomic E-state index is 6.12. The molecular formula is C13H15ClN2S. The SMILES string of the molecule is NCC(NCc1ccccc1)c1ccsc1Cl. The van der Waals surface area contributed by atoms with Crippen molar-refractivity contribution in [3.05, 3.63) is 57.2 Å². The highest BCUT2D eigenvalue weighted by molar-refractivity contribution is 7.14. The Morgan fingerprint density at radius 3 is 2.59 bits per heavy atom. The summed E-state index contributed by atoms with van der Waals surface area (Å²) >= 11 is 7.66. The summed E-state index contributed by atoms with van der Waals surface area (Å²) < 4.78 is 0.820. The molecule has 0 aliphatic carbocycles. The maximum Gasteiger partial charge on any atom is 0.0976 e. The van der Waals surface area contributed by atoms with Gasteiger partial charge in [0.2, 0.25) is 0 Å². The molecular weight excluding hydrogens is 252 g/mol. The van der Waals surface area contributed by atoms with Crippen LogP contribution in [0.2, 0.25) is 4.34 Å². The molecule has 2 rings (SSSR count). The lowest BCUT2D eigenvalue weighted by Crippen LogP contribution is -2.27. The number of nitrogens with two attached hydrogens (primary N) is 1. The number of hydrogen-bond donors (Lipinski definition) is 2. The lowest BCUT2D eigenvalue weighted by Gasteiger charge is -2.16. The van der Waals surface area contributed by atoms with Gasteiger partial charge >= 0.3 is 0 Å². The van der Waals surface area contributed by atoms with Gasteiger partial charge in [0.05, 0.1) is 4.34 Å². The Bertz CT molecular complexity index is 455. The first kappa shape index (κ1) is 12.6. The molecule has 0 radical (unpaired) electrons. The summed E-state index contributed by atoms with van der Waals surface area (Å²) in [7, 11) is 0. The molecule has 1 aromatic carbocycles. The number of halogens is 1.